The lowest BCUT2D eigenvalue weighted by Gasteiger charge is -2.18. The van der Waals surface area contributed by atoms with Crippen molar-refractivity contribution in [1.29, 1.82) is 0 Å². The van der Waals surface area contributed by atoms with Gasteiger partial charge in [-0.2, -0.15) is 0 Å². The van der Waals surface area contributed by atoms with Gasteiger partial charge in [0.1, 0.15) is 0 Å². The molecular weight excluding hydrogens is 194 g/mol. The molecule has 0 aromatic carbocycles. The maximum atomic E-state index is 2.61. The quantitative estimate of drug-likeness (QED) is 0.700. The topological polar surface area (TPSA) is 4.93 Å². The van der Waals surface area contributed by atoms with E-state index in [1.807, 2.05) is 0 Å². The summed E-state index contributed by atoms with van der Waals surface area (Å²) in [5.41, 5.74) is 6.13. The Bertz CT molecular complexity index is 474. The van der Waals surface area contributed by atoms with Gasteiger partial charge in [-0.25, -0.2) is 0 Å². The van der Waals surface area contributed by atoms with Crippen LogP contribution in [0, 0.1) is 0 Å². The van der Waals surface area contributed by atoms with Gasteiger partial charge in [0.05, 0.1) is 0 Å². The minimum Gasteiger partial charge on any atom is -0.341 e. The Morgan fingerprint density at radius 1 is 1.50 bits per heavy atom. The van der Waals surface area contributed by atoms with Crippen molar-refractivity contribution in [3.63, 3.8) is 0 Å². The average molecular weight is 213 g/mol. The van der Waals surface area contributed by atoms with E-state index in [1.54, 1.807) is 11.3 Å². The predicted molar refractivity (Wildman–Crippen MR) is 69.5 cm³/mol. The van der Waals surface area contributed by atoms with E-state index in [2.05, 4.69) is 42.7 Å². The standard InChI is InChI=1S/C15H19N/c1-3-6-13-12(4-2)14-8-5-7-11-9-10-15(13)16(11)14/h3,5-6,8,11H,4,7,9-10H2,1-2H3/b6-3-/t11-/m0/s1. The van der Waals surface area contributed by atoms with Gasteiger partial charge in [-0.15, -0.1) is 0 Å². The van der Waals surface area contributed by atoms with Gasteiger partial charge in [0.25, 0.3) is 0 Å². The van der Waals surface area contributed by atoms with Gasteiger partial charge in [0.2, 0.25) is 0 Å². The van der Waals surface area contributed by atoms with Crippen LogP contribution in [-0.4, -0.2) is 4.57 Å². The molecule has 0 N–H and O–H groups in total. The minimum absolute atomic E-state index is 0.749. The lowest BCUT2D eigenvalue weighted by Crippen LogP contribution is -2.08. The van der Waals surface area contributed by atoms with E-state index < -0.39 is 0 Å². The monoisotopic (exact) mass is 213 g/mol. The Kier molecular flexibility index (Phi) is 2.27. The molecule has 0 radical (unpaired) electrons. The van der Waals surface area contributed by atoms with Crippen LogP contribution in [-0.2, 0) is 12.8 Å². The average Bonchev–Trinajstić information content (AvgIpc) is 2.85. The van der Waals surface area contributed by atoms with Gasteiger partial charge in [-0.1, -0.05) is 25.2 Å². The molecule has 1 heteroatoms. The van der Waals surface area contributed by atoms with Crippen LogP contribution in [0.1, 0.15) is 55.2 Å². The van der Waals surface area contributed by atoms with Gasteiger partial charge >= 0.3 is 0 Å². The summed E-state index contributed by atoms with van der Waals surface area (Å²) in [6, 6.07) is 0.749. The molecule has 0 unspecified atom stereocenters. The second kappa shape index (κ2) is 3.65. The molecule has 16 heavy (non-hydrogen) atoms. The normalized spacial score (nSPS) is 22.0. The smallest absolute Gasteiger partial charge is 0.0447 e. The van der Waals surface area contributed by atoms with E-state index in [1.165, 1.54) is 30.5 Å². The zero-order valence-corrected chi connectivity index (χ0v) is 10.2. The molecule has 1 aromatic rings. The third kappa shape index (κ3) is 1.17. The van der Waals surface area contributed by atoms with Crippen LogP contribution < -0.4 is 0 Å². The van der Waals surface area contributed by atoms with E-state index in [0.29, 0.717) is 0 Å². The summed E-state index contributed by atoms with van der Waals surface area (Å²) in [7, 11) is 0. The van der Waals surface area contributed by atoms with Gasteiger partial charge in [-0.3, -0.25) is 0 Å². The molecule has 1 aromatic heterocycles. The molecule has 0 amide bonds. The number of hydrogen-bond acceptors (Lipinski definition) is 0. The SMILES string of the molecule is C/C=C\c1c(CC)c2n3c1CC[C@@H]3CC=C2. The van der Waals surface area contributed by atoms with Gasteiger partial charge in [0, 0.05) is 17.4 Å². The number of nitrogens with zero attached hydrogens (tertiary/aromatic N) is 1. The Balaban J connectivity index is 2.27. The van der Waals surface area contributed by atoms with E-state index in [-0.39, 0.29) is 0 Å². The van der Waals surface area contributed by atoms with Crippen molar-refractivity contribution in [2.75, 3.05) is 0 Å². The fourth-order valence-corrected chi connectivity index (χ4v) is 3.31. The van der Waals surface area contributed by atoms with Crippen molar-refractivity contribution in [2.45, 2.75) is 45.6 Å². The lowest BCUT2D eigenvalue weighted by molar-refractivity contribution is 0.524. The zero-order valence-electron chi connectivity index (χ0n) is 10.2. The molecule has 3 rings (SSSR count). The molecule has 2 aliphatic rings. The molecule has 0 bridgehead atoms. The molecule has 84 valence electrons. The van der Waals surface area contributed by atoms with Crippen LogP contribution in [0.15, 0.2) is 12.2 Å². The lowest BCUT2D eigenvalue weighted by atomic mass is 9.99. The zero-order chi connectivity index (χ0) is 11.1. The number of rotatable bonds is 2. The Labute approximate surface area is 97.5 Å². The molecule has 1 atom stereocenters. The highest BCUT2D eigenvalue weighted by Gasteiger charge is 2.30. The Morgan fingerprint density at radius 3 is 3.12 bits per heavy atom. The van der Waals surface area contributed by atoms with Crippen molar-refractivity contribution >= 4 is 12.2 Å². The first-order valence-corrected chi connectivity index (χ1v) is 6.42. The summed E-state index contributed by atoms with van der Waals surface area (Å²) in [5, 5.41) is 0. The first kappa shape index (κ1) is 9.95. The molecule has 1 nitrogen and oxygen atoms in total. The second-order valence-corrected chi connectivity index (χ2v) is 4.78. The summed E-state index contributed by atoms with van der Waals surface area (Å²) >= 11 is 0. The molecule has 0 fully saturated rings. The van der Waals surface area contributed by atoms with Crippen LogP contribution in [0.5, 0.6) is 0 Å². The predicted octanol–water partition coefficient (Wildman–Crippen LogP) is 3.99. The summed E-state index contributed by atoms with van der Waals surface area (Å²) in [4.78, 5) is 0. The molecule has 0 saturated heterocycles. The van der Waals surface area contributed by atoms with E-state index in [0.717, 1.165) is 12.5 Å². The number of allylic oxidation sites excluding steroid dienone is 2. The van der Waals surface area contributed by atoms with E-state index in [9.17, 15) is 0 Å². The molecule has 0 spiro atoms. The summed E-state index contributed by atoms with van der Waals surface area (Å²) in [5.74, 6) is 0. The van der Waals surface area contributed by atoms with Crippen molar-refractivity contribution < 1.29 is 0 Å². The fraction of sp³-hybridized carbons (Fsp3) is 0.467. The van der Waals surface area contributed by atoms with Crippen LogP contribution in [0.4, 0.5) is 0 Å². The van der Waals surface area contributed by atoms with Crippen LogP contribution in [0.25, 0.3) is 12.2 Å². The second-order valence-electron chi connectivity index (χ2n) is 4.78. The van der Waals surface area contributed by atoms with Crippen LogP contribution >= 0.6 is 0 Å². The van der Waals surface area contributed by atoms with Gasteiger partial charge in [0.15, 0.2) is 0 Å². The third-order valence-corrected chi connectivity index (χ3v) is 3.95. The van der Waals surface area contributed by atoms with Crippen molar-refractivity contribution in [1.82, 2.24) is 4.57 Å². The summed E-state index contributed by atoms with van der Waals surface area (Å²) in [6.45, 7) is 4.39. The largest absolute Gasteiger partial charge is 0.341 e. The van der Waals surface area contributed by atoms with Crippen LogP contribution in [0.3, 0.4) is 0 Å². The molecular formula is C15H19N. The summed E-state index contributed by atoms with van der Waals surface area (Å²) < 4.78 is 2.61. The van der Waals surface area contributed by atoms with Crippen LogP contribution in [0.2, 0.25) is 0 Å². The number of hydrogen-bond donors (Lipinski definition) is 0. The van der Waals surface area contributed by atoms with Gasteiger partial charge in [-0.05, 0) is 49.8 Å². The first-order chi connectivity index (χ1) is 7.86. The maximum Gasteiger partial charge on any atom is 0.0447 e. The van der Waals surface area contributed by atoms with Crippen molar-refractivity contribution in [2.24, 2.45) is 0 Å². The number of aromatic nitrogens is 1. The van der Waals surface area contributed by atoms with E-state index >= 15 is 0 Å². The van der Waals surface area contributed by atoms with E-state index in [4.69, 9.17) is 0 Å². The maximum absolute atomic E-state index is 2.61. The molecule has 0 aliphatic carbocycles. The highest BCUT2D eigenvalue weighted by molar-refractivity contribution is 5.67. The third-order valence-electron chi connectivity index (χ3n) is 3.95. The molecule has 3 heterocycles. The Morgan fingerprint density at radius 2 is 2.38 bits per heavy atom. The molecule has 2 aliphatic heterocycles. The summed E-state index contributed by atoms with van der Waals surface area (Å²) in [6.07, 6.45) is 14.1. The van der Waals surface area contributed by atoms with Crippen molar-refractivity contribution in [3.05, 3.63) is 34.7 Å². The fourth-order valence-electron chi connectivity index (χ4n) is 3.31. The van der Waals surface area contributed by atoms with Crippen molar-refractivity contribution in [3.8, 4) is 0 Å². The van der Waals surface area contributed by atoms with Gasteiger partial charge < -0.3 is 4.57 Å². The molecule has 0 saturated carbocycles. The highest BCUT2D eigenvalue weighted by Crippen LogP contribution is 2.41. The Hall–Kier alpha value is -1.24. The minimum atomic E-state index is 0.749. The highest BCUT2D eigenvalue weighted by atomic mass is 15.1. The first-order valence-electron chi connectivity index (χ1n) is 6.42.